The Morgan fingerprint density at radius 1 is 1.34 bits per heavy atom. The number of aromatic nitrogens is 2. The molecule has 3 aromatic rings. The van der Waals surface area contributed by atoms with Crippen molar-refractivity contribution in [3.05, 3.63) is 69.0 Å². The molecule has 0 aliphatic carbocycles. The highest BCUT2D eigenvalue weighted by atomic mass is 32.2. The Labute approximate surface area is 187 Å². The maximum Gasteiger partial charge on any atom is 0.271 e. The molecule has 4 rings (SSSR count). The zero-order chi connectivity index (χ0) is 22.7. The van der Waals surface area contributed by atoms with Crippen molar-refractivity contribution in [1.82, 2.24) is 9.55 Å². The Kier molecular flexibility index (Phi) is 6.52. The van der Waals surface area contributed by atoms with Crippen molar-refractivity contribution in [2.75, 3.05) is 11.9 Å². The standard InChI is InChI=1S/C22H22N4O5S/c1-14(20(27)23-15-6-4-7-16(12-15)26(29)30)32-22-24-19-10-3-2-9-18(19)21(28)25(22)13-17-8-5-11-31-17/h2-4,6-7,9-10,12,14,17H,5,8,11,13H2,1H3,(H,23,27). The molecule has 1 amide bonds. The summed E-state index contributed by atoms with van der Waals surface area (Å²) in [4.78, 5) is 41.0. The van der Waals surface area contributed by atoms with Gasteiger partial charge in [-0.1, -0.05) is 30.0 Å². The van der Waals surface area contributed by atoms with Gasteiger partial charge < -0.3 is 10.1 Å². The van der Waals surface area contributed by atoms with Crippen LogP contribution < -0.4 is 10.9 Å². The monoisotopic (exact) mass is 454 g/mol. The summed E-state index contributed by atoms with van der Waals surface area (Å²) in [7, 11) is 0. The SMILES string of the molecule is CC(Sc1nc2ccccc2c(=O)n1CC1CCCO1)C(=O)Nc1cccc([N+](=O)[O-])c1. The molecule has 10 heteroatoms. The van der Waals surface area contributed by atoms with Crippen molar-refractivity contribution in [3.8, 4) is 0 Å². The first kappa shape index (κ1) is 22.0. The highest BCUT2D eigenvalue weighted by molar-refractivity contribution is 8.00. The lowest BCUT2D eigenvalue weighted by Gasteiger charge is -2.18. The number of ether oxygens (including phenoxy) is 1. The number of nitro benzene ring substituents is 1. The average Bonchev–Trinajstić information content (AvgIpc) is 3.30. The third kappa shape index (κ3) is 4.81. The first-order valence-corrected chi connectivity index (χ1v) is 11.1. The first-order valence-electron chi connectivity index (χ1n) is 10.3. The molecule has 1 aliphatic heterocycles. The zero-order valence-corrected chi connectivity index (χ0v) is 18.2. The summed E-state index contributed by atoms with van der Waals surface area (Å²) in [5, 5.41) is 14.0. The van der Waals surface area contributed by atoms with E-state index in [-0.39, 0.29) is 23.3 Å². The van der Waals surface area contributed by atoms with Crippen LogP contribution in [0.3, 0.4) is 0 Å². The molecule has 2 aromatic carbocycles. The van der Waals surface area contributed by atoms with E-state index in [2.05, 4.69) is 10.3 Å². The smallest absolute Gasteiger partial charge is 0.271 e. The van der Waals surface area contributed by atoms with E-state index in [1.54, 1.807) is 35.8 Å². The Bertz CT molecular complexity index is 1220. The number of non-ortho nitro benzene ring substituents is 1. The molecule has 2 unspecified atom stereocenters. The van der Waals surface area contributed by atoms with Crippen LogP contribution in [-0.2, 0) is 16.1 Å². The zero-order valence-electron chi connectivity index (χ0n) is 17.4. The maximum absolute atomic E-state index is 13.2. The number of nitro groups is 1. The number of anilines is 1. The number of benzene rings is 2. The van der Waals surface area contributed by atoms with Crippen molar-refractivity contribution >= 4 is 39.9 Å². The van der Waals surface area contributed by atoms with E-state index in [0.29, 0.717) is 34.9 Å². The molecule has 1 N–H and O–H groups in total. The fourth-order valence-electron chi connectivity index (χ4n) is 3.54. The van der Waals surface area contributed by atoms with Crippen molar-refractivity contribution in [2.24, 2.45) is 0 Å². The number of hydrogen-bond acceptors (Lipinski definition) is 7. The summed E-state index contributed by atoms with van der Waals surface area (Å²) in [6.07, 6.45) is 1.75. The second-order valence-corrected chi connectivity index (χ2v) is 8.83. The molecule has 0 bridgehead atoms. The normalized spacial score (nSPS) is 16.7. The number of thioether (sulfide) groups is 1. The Hall–Kier alpha value is -3.24. The number of fused-ring (bicyclic) bond motifs is 1. The molecule has 166 valence electrons. The second kappa shape index (κ2) is 9.49. The van der Waals surface area contributed by atoms with Crippen molar-refractivity contribution < 1.29 is 14.5 Å². The summed E-state index contributed by atoms with van der Waals surface area (Å²) in [6.45, 7) is 2.75. The molecular weight excluding hydrogens is 432 g/mol. The van der Waals surface area contributed by atoms with E-state index in [1.165, 1.54) is 30.0 Å². The highest BCUT2D eigenvalue weighted by Crippen LogP contribution is 2.26. The van der Waals surface area contributed by atoms with Gasteiger partial charge in [0.2, 0.25) is 5.91 Å². The second-order valence-electron chi connectivity index (χ2n) is 7.52. The van der Waals surface area contributed by atoms with Gasteiger partial charge >= 0.3 is 0 Å². The molecule has 1 fully saturated rings. The quantitative estimate of drug-likeness (QED) is 0.251. The molecule has 1 aliphatic rings. The van der Waals surface area contributed by atoms with Gasteiger partial charge in [0.25, 0.3) is 11.2 Å². The van der Waals surface area contributed by atoms with Gasteiger partial charge in [-0.05, 0) is 38.0 Å². The largest absolute Gasteiger partial charge is 0.376 e. The number of rotatable bonds is 7. The number of nitrogens with one attached hydrogen (secondary N) is 1. The average molecular weight is 455 g/mol. The molecule has 9 nitrogen and oxygen atoms in total. The summed E-state index contributed by atoms with van der Waals surface area (Å²) >= 11 is 1.17. The lowest BCUT2D eigenvalue weighted by molar-refractivity contribution is -0.384. The van der Waals surface area contributed by atoms with Crippen LogP contribution in [0, 0.1) is 10.1 Å². The minimum atomic E-state index is -0.599. The highest BCUT2D eigenvalue weighted by Gasteiger charge is 2.23. The number of amides is 1. The van der Waals surface area contributed by atoms with E-state index in [1.807, 2.05) is 6.07 Å². The van der Waals surface area contributed by atoms with E-state index < -0.39 is 10.2 Å². The fraction of sp³-hybridized carbons (Fsp3) is 0.318. The predicted molar refractivity (Wildman–Crippen MR) is 122 cm³/mol. The number of carbonyl (C=O) groups is 1. The first-order chi connectivity index (χ1) is 15.4. The van der Waals surface area contributed by atoms with E-state index in [0.717, 1.165) is 12.8 Å². The molecular formula is C22H22N4O5S. The number of para-hydroxylation sites is 1. The van der Waals surface area contributed by atoms with Crippen molar-refractivity contribution in [3.63, 3.8) is 0 Å². The minimum Gasteiger partial charge on any atom is -0.376 e. The van der Waals surface area contributed by atoms with Crippen LogP contribution in [0.15, 0.2) is 58.5 Å². The van der Waals surface area contributed by atoms with Gasteiger partial charge in [0, 0.05) is 24.4 Å². The van der Waals surface area contributed by atoms with Gasteiger partial charge in [-0.15, -0.1) is 0 Å². The molecule has 1 aromatic heterocycles. The van der Waals surface area contributed by atoms with Crippen LogP contribution in [0.4, 0.5) is 11.4 Å². The van der Waals surface area contributed by atoms with Gasteiger partial charge in [-0.25, -0.2) is 4.98 Å². The summed E-state index contributed by atoms with van der Waals surface area (Å²) in [6, 6.07) is 12.9. The van der Waals surface area contributed by atoms with Gasteiger partial charge in [0.05, 0.1) is 33.7 Å². The molecule has 2 heterocycles. The third-order valence-corrected chi connectivity index (χ3v) is 6.30. The van der Waals surface area contributed by atoms with E-state index >= 15 is 0 Å². The van der Waals surface area contributed by atoms with E-state index in [4.69, 9.17) is 4.74 Å². The topological polar surface area (TPSA) is 116 Å². The number of nitrogens with zero attached hydrogens (tertiary/aromatic N) is 3. The predicted octanol–water partition coefficient (Wildman–Crippen LogP) is 3.60. The van der Waals surface area contributed by atoms with E-state index in [9.17, 15) is 19.7 Å². The lowest BCUT2D eigenvalue weighted by Crippen LogP contribution is -2.30. The third-order valence-electron chi connectivity index (χ3n) is 5.21. The van der Waals surface area contributed by atoms with Gasteiger partial charge in [0.15, 0.2) is 5.16 Å². The molecule has 0 saturated carbocycles. The van der Waals surface area contributed by atoms with Crippen molar-refractivity contribution in [2.45, 2.75) is 42.8 Å². The van der Waals surface area contributed by atoms with Crippen LogP contribution in [0.2, 0.25) is 0 Å². The Morgan fingerprint density at radius 2 is 2.16 bits per heavy atom. The molecule has 0 radical (unpaired) electrons. The van der Waals surface area contributed by atoms with Crippen LogP contribution in [0.5, 0.6) is 0 Å². The van der Waals surface area contributed by atoms with Crippen molar-refractivity contribution in [1.29, 1.82) is 0 Å². The minimum absolute atomic E-state index is 0.0657. The lowest BCUT2D eigenvalue weighted by atomic mass is 10.2. The molecule has 0 spiro atoms. The number of carbonyl (C=O) groups excluding carboxylic acids is 1. The Morgan fingerprint density at radius 3 is 2.91 bits per heavy atom. The van der Waals surface area contributed by atoms with Crippen LogP contribution >= 0.6 is 11.8 Å². The van der Waals surface area contributed by atoms with Gasteiger partial charge in [0.1, 0.15) is 0 Å². The van der Waals surface area contributed by atoms with Gasteiger partial charge in [-0.2, -0.15) is 0 Å². The maximum atomic E-state index is 13.2. The summed E-state index contributed by atoms with van der Waals surface area (Å²) in [5.41, 5.74) is 0.624. The number of hydrogen-bond donors (Lipinski definition) is 1. The Balaban J connectivity index is 1.59. The van der Waals surface area contributed by atoms with Crippen LogP contribution in [0.1, 0.15) is 19.8 Å². The van der Waals surface area contributed by atoms with Crippen LogP contribution in [-0.4, -0.2) is 38.3 Å². The summed E-state index contributed by atoms with van der Waals surface area (Å²) < 4.78 is 7.29. The van der Waals surface area contributed by atoms with Crippen LogP contribution in [0.25, 0.3) is 10.9 Å². The van der Waals surface area contributed by atoms with Gasteiger partial charge in [-0.3, -0.25) is 24.3 Å². The molecule has 32 heavy (non-hydrogen) atoms. The summed E-state index contributed by atoms with van der Waals surface area (Å²) in [5.74, 6) is -0.346. The molecule has 1 saturated heterocycles. The molecule has 2 atom stereocenters. The fourth-order valence-corrected chi connectivity index (χ4v) is 4.46.